The van der Waals surface area contributed by atoms with Crippen molar-refractivity contribution in [3.63, 3.8) is 0 Å². The summed E-state index contributed by atoms with van der Waals surface area (Å²) in [7, 11) is 2.15. The highest BCUT2D eigenvalue weighted by Gasteiger charge is 2.30. The van der Waals surface area contributed by atoms with E-state index in [4.69, 9.17) is 0 Å². The number of imidazole rings is 1. The van der Waals surface area contributed by atoms with Crippen molar-refractivity contribution in [3.05, 3.63) is 126 Å². The molecule has 2 aromatic heterocycles. The van der Waals surface area contributed by atoms with E-state index in [-0.39, 0.29) is 0 Å². The summed E-state index contributed by atoms with van der Waals surface area (Å²) >= 11 is 0. The van der Waals surface area contributed by atoms with Crippen LogP contribution in [0.25, 0.3) is 44.9 Å². The van der Waals surface area contributed by atoms with Crippen LogP contribution in [-0.4, -0.2) is 9.13 Å². The summed E-state index contributed by atoms with van der Waals surface area (Å²) in [5, 5.41) is 1.29. The number of nitrogens with zero attached hydrogens (tertiary/aromatic N) is 3. The van der Waals surface area contributed by atoms with Crippen LogP contribution in [0.1, 0.15) is 56.2 Å². The van der Waals surface area contributed by atoms with Crippen molar-refractivity contribution in [3.8, 4) is 34.0 Å². The Morgan fingerprint density at radius 3 is 1.88 bits per heavy atom. The summed E-state index contributed by atoms with van der Waals surface area (Å²) in [5.41, 5.74) is 11.5. The summed E-state index contributed by atoms with van der Waals surface area (Å²) in [6, 6.07) is 35.2. The maximum absolute atomic E-state index is 2.55. The zero-order chi connectivity index (χ0) is 28.0. The number of aromatic nitrogens is 3. The van der Waals surface area contributed by atoms with Gasteiger partial charge in [-0.1, -0.05) is 94.4 Å². The molecular weight excluding hydrogens is 486 g/mol. The summed E-state index contributed by atoms with van der Waals surface area (Å²) in [4.78, 5) is 0. The molecule has 0 amide bonds. The maximum Gasteiger partial charge on any atom is 0.311 e. The molecule has 0 aliphatic heterocycles. The van der Waals surface area contributed by atoms with E-state index < -0.39 is 0 Å². The van der Waals surface area contributed by atoms with E-state index in [9.17, 15) is 0 Å². The lowest BCUT2D eigenvalue weighted by atomic mass is 9.88. The number of hydrogen-bond acceptors (Lipinski definition) is 0. The fourth-order valence-corrected chi connectivity index (χ4v) is 6.07. The van der Waals surface area contributed by atoms with Crippen LogP contribution in [0.2, 0.25) is 0 Å². The molecule has 4 aromatic carbocycles. The molecule has 0 N–H and O–H groups in total. The quantitative estimate of drug-likeness (QED) is 0.193. The van der Waals surface area contributed by atoms with Gasteiger partial charge in [-0.2, -0.15) is 4.57 Å². The van der Waals surface area contributed by atoms with Crippen molar-refractivity contribution in [1.82, 2.24) is 9.13 Å². The Kier molecular flexibility index (Phi) is 6.67. The van der Waals surface area contributed by atoms with Crippen LogP contribution < -0.4 is 4.57 Å². The SMILES string of the molecule is Cc1c(-c2n(-c3ccccc3)cc[n+]2C)n(-c2c(C(C)C)cc(-c3ccccc3)cc2C(C)C)c2ccccc12. The first-order valence-corrected chi connectivity index (χ1v) is 14.3. The van der Waals surface area contributed by atoms with Gasteiger partial charge in [0.25, 0.3) is 0 Å². The molecule has 0 unspecified atom stereocenters. The van der Waals surface area contributed by atoms with Crippen molar-refractivity contribution in [2.75, 3.05) is 0 Å². The van der Waals surface area contributed by atoms with Crippen molar-refractivity contribution >= 4 is 10.9 Å². The Hall–Kier alpha value is -4.37. The van der Waals surface area contributed by atoms with Gasteiger partial charge in [0.1, 0.15) is 23.8 Å². The minimum absolute atomic E-state index is 0.347. The lowest BCUT2D eigenvalue weighted by Crippen LogP contribution is -2.30. The zero-order valence-corrected chi connectivity index (χ0v) is 24.4. The largest absolute Gasteiger partial charge is 0.311 e. The van der Waals surface area contributed by atoms with Gasteiger partial charge in [-0.3, -0.25) is 0 Å². The zero-order valence-electron chi connectivity index (χ0n) is 24.4. The van der Waals surface area contributed by atoms with Gasteiger partial charge < -0.3 is 4.57 Å². The third-order valence-electron chi connectivity index (χ3n) is 8.12. The Balaban J connectivity index is 1.75. The summed E-state index contributed by atoms with van der Waals surface area (Å²) < 4.78 is 7.13. The van der Waals surface area contributed by atoms with Crippen LogP contribution in [0.3, 0.4) is 0 Å². The molecule has 0 saturated carbocycles. The first kappa shape index (κ1) is 25.9. The molecule has 0 spiro atoms. The fourth-order valence-electron chi connectivity index (χ4n) is 6.07. The third-order valence-corrected chi connectivity index (χ3v) is 8.12. The van der Waals surface area contributed by atoms with Crippen LogP contribution in [0, 0.1) is 6.92 Å². The van der Waals surface area contributed by atoms with Gasteiger partial charge in [-0.25, -0.2) is 4.57 Å². The van der Waals surface area contributed by atoms with Gasteiger partial charge in [0.2, 0.25) is 0 Å². The first-order valence-electron chi connectivity index (χ1n) is 14.3. The Morgan fingerprint density at radius 1 is 0.675 bits per heavy atom. The number of para-hydroxylation sites is 2. The van der Waals surface area contributed by atoms with Crippen LogP contribution in [0.15, 0.2) is 109 Å². The second-order valence-electron chi connectivity index (χ2n) is 11.4. The number of rotatable bonds is 6. The topological polar surface area (TPSA) is 13.7 Å². The molecule has 0 atom stereocenters. The molecule has 0 fully saturated rings. The van der Waals surface area contributed by atoms with Gasteiger partial charge in [0.15, 0.2) is 0 Å². The summed E-state index contributed by atoms with van der Waals surface area (Å²) in [6.07, 6.45) is 4.34. The monoisotopic (exact) mass is 524 g/mol. The average molecular weight is 525 g/mol. The fraction of sp³-hybridized carbons (Fsp3) is 0.216. The molecule has 2 heterocycles. The predicted molar refractivity (Wildman–Crippen MR) is 168 cm³/mol. The van der Waals surface area contributed by atoms with Gasteiger partial charge >= 0.3 is 5.82 Å². The molecule has 6 rings (SSSR count). The Labute approximate surface area is 238 Å². The molecule has 3 heteroatoms. The van der Waals surface area contributed by atoms with Gasteiger partial charge in [0, 0.05) is 5.39 Å². The molecule has 200 valence electrons. The predicted octanol–water partition coefficient (Wildman–Crippen LogP) is 9.13. The van der Waals surface area contributed by atoms with E-state index in [0.29, 0.717) is 11.8 Å². The first-order chi connectivity index (χ1) is 19.4. The Bertz CT molecular complexity index is 1770. The molecule has 6 aromatic rings. The van der Waals surface area contributed by atoms with E-state index in [1.54, 1.807) is 0 Å². The summed E-state index contributed by atoms with van der Waals surface area (Å²) in [6.45, 7) is 11.6. The maximum atomic E-state index is 2.55. The lowest BCUT2D eigenvalue weighted by molar-refractivity contribution is -0.659. The van der Waals surface area contributed by atoms with Crippen LogP contribution in [-0.2, 0) is 7.05 Å². The van der Waals surface area contributed by atoms with E-state index in [2.05, 4.69) is 165 Å². The molecule has 0 radical (unpaired) electrons. The third kappa shape index (κ3) is 4.26. The Morgan fingerprint density at radius 2 is 1.25 bits per heavy atom. The highest BCUT2D eigenvalue weighted by atomic mass is 15.2. The number of hydrogen-bond donors (Lipinski definition) is 0. The van der Waals surface area contributed by atoms with E-state index in [1.807, 2.05) is 0 Å². The smallest absolute Gasteiger partial charge is 0.302 e. The number of benzene rings is 4. The van der Waals surface area contributed by atoms with E-state index in [1.165, 1.54) is 50.1 Å². The van der Waals surface area contributed by atoms with Crippen LogP contribution >= 0.6 is 0 Å². The summed E-state index contributed by atoms with van der Waals surface area (Å²) in [5.74, 6) is 1.86. The average Bonchev–Trinajstić information content (AvgIpc) is 3.49. The second-order valence-corrected chi connectivity index (χ2v) is 11.4. The number of aryl methyl sites for hydroxylation is 2. The molecule has 3 nitrogen and oxygen atoms in total. The standard InChI is InChI=1S/C37H38N3/c1-25(2)32-23-29(28-15-9-7-10-16-28)24-33(26(3)4)36(32)40-34-20-14-13-19-31(34)27(5)35(40)37-38(6)21-22-39(37)30-17-11-8-12-18-30/h7-26H,1-6H3/q+1. The van der Waals surface area contributed by atoms with Gasteiger partial charge in [-0.15, -0.1) is 0 Å². The van der Waals surface area contributed by atoms with Gasteiger partial charge in [-0.05, 0) is 76.9 Å². The van der Waals surface area contributed by atoms with Crippen molar-refractivity contribution in [2.45, 2.75) is 46.5 Å². The normalized spacial score (nSPS) is 11.7. The van der Waals surface area contributed by atoms with E-state index >= 15 is 0 Å². The highest BCUT2D eigenvalue weighted by molar-refractivity contribution is 5.93. The van der Waals surface area contributed by atoms with Crippen LogP contribution in [0.5, 0.6) is 0 Å². The molecule has 0 aliphatic rings. The highest BCUT2D eigenvalue weighted by Crippen LogP contribution is 2.42. The minimum Gasteiger partial charge on any atom is -0.302 e. The molecule has 0 saturated heterocycles. The van der Waals surface area contributed by atoms with Crippen molar-refractivity contribution < 1.29 is 4.57 Å². The minimum atomic E-state index is 0.347. The molecule has 40 heavy (non-hydrogen) atoms. The molecule has 0 aliphatic carbocycles. The van der Waals surface area contributed by atoms with E-state index in [0.717, 1.165) is 11.5 Å². The lowest BCUT2D eigenvalue weighted by Gasteiger charge is -2.24. The number of fused-ring (bicyclic) bond motifs is 1. The van der Waals surface area contributed by atoms with Crippen molar-refractivity contribution in [2.24, 2.45) is 7.05 Å². The molecular formula is C37H38N3+. The molecule has 0 bridgehead atoms. The van der Waals surface area contributed by atoms with Crippen molar-refractivity contribution in [1.29, 1.82) is 0 Å². The second kappa shape index (κ2) is 10.3. The van der Waals surface area contributed by atoms with Gasteiger partial charge in [0.05, 0.1) is 18.3 Å². The van der Waals surface area contributed by atoms with Crippen LogP contribution in [0.4, 0.5) is 0 Å².